The van der Waals surface area contributed by atoms with Crippen molar-refractivity contribution in [1.29, 1.82) is 0 Å². The van der Waals surface area contributed by atoms with Crippen molar-refractivity contribution in [2.75, 3.05) is 13.2 Å². The second-order valence-corrected chi connectivity index (χ2v) is 6.20. The van der Waals surface area contributed by atoms with E-state index in [0.29, 0.717) is 24.5 Å². The molecular weight excluding hydrogens is 296 g/mol. The first-order valence-corrected chi connectivity index (χ1v) is 8.15. The van der Waals surface area contributed by atoms with E-state index in [1.165, 1.54) is 0 Å². The molecular formula is C17H20N2O4. The van der Waals surface area contributed by atoms with Crippen LogP contribution in [0.5, 0.6) is 0 Å². The minimum Gasteiger partial charge on any atom is -0.373 e. The first-order valence-electron chi connectivity index (χ1n) is 8.15. The molecule has 1 N–H and O–H groups in total. The van der Waals surface area contributed by atoms with Crippen LogP contribution in [0.4, 0.5) is 0 Å². The predicted molar refractivity (Wildman–Crippen MR) is 83.0 cm³/mol. The Morgan fingerprint density at radius 3 is 2.91 bits per heavy atom. The van der Waals surface area contributed by atoms with Gasteiger partial charge in [0.2, 0.25) is 5.91 Å². The zero-order valence-corrected chi connectivity index (χ0v) is 12.9. The fourth-order valence-corrected chi connectivity index (χ4v) is 3.49. The van der Waals surface area contributed by atoms with Gasteiger partial charge in [0.05, 0.1) is 31.8 Å². The molecule has 1 aromatic carbocycles. The van der Waals surface area contributed by atoms with Crippen LogP contribution in [0.3, 0.4) is 0 Å². The van der Waals surface area contributed by atoms with Crippen LogP contribution in [-0.4, -0.2) is 42.5 Å². The van der Waals surface area contributed by atoms with E-state index in [2.05, 4.69) is 10.5 Å². The lowest BCUT2D eigenvalue weighted by atomic mass is 9.89. The van der Waals surface area contributed by atoms with Crippen molar-refractivity contribution < 1.29 is 18.8 Å². The number of rotatable bonds is 3. The summed E-state index contributed by atoms with van der Waals surface area (Å²) in [5, 5.41) is 8.01. The number of aromatic nitrogens is 1. The Bertz CT molecular complexity index is 699. The third kappa shape index (κ3) is 3.09. The first kappa shape index (κ1) is 14.7. The van der Waals surface area contributed by atoms with Crippen molar-refractivity contribution in [1.82, 2.24) is 10.5 Å². The molecule has 3 unspecified atom stereocenters. The van der Waals surface area contributed by atoms with Crippen molar-refractivity contribution in [3.8, 4) is 0 Å². The van der Waals surface area contributed by atoms with Crippen LogP contribution in [-0.2, 0) is 20.7 Å². The van der Waals surface area contributed by atoms with Crippen LogP contribution < -0.4 is 5.32 Å². The lowest BCUT2D eigenvalue weighted by molar-refractivity contribution is -0.158. The Hall–Kier alpha value is -1.92. The molecule has 6 heteroatoms. The number of nitrogens with one attached hydrogen (secondary N) is 1. The Balaban J connectivity index is 1.36. The monoisotopic (exact) mass is 316 g/mol. The van der Waals surface area contributed by atoms with E-state index in [0.717, 1.165) is 24.6 Å². The van der Waals surface area contributed by atoms with Crippen LogP contribution in [0.1, 0.15) is 25.0 Å². The van der Waals surface area contributed by atoms with E-state index in [1.807, 2.05) is 24.3 Å². The molecule has 2 aliphatic rings. The van der Waals surface area contributed by atoms with Crippen molar-refractivity contribution in [2.45, 2.75) is 43.9 Å². The summed E-state index contributed by atoms with van der Waals surface area (Å²) in [7, 11) is 0. The molecule has 0 spiro atoms. The van der Waals surface area contributed by atoms with Gasteiger partial charge in [-0.2, -0.15) is 0 Å². The Labute approximate surface area is 134 Å². The molecule has 4 rings (SSSR count). The highest BCUT2D eigenvalue weighted by molar-refractivity contribution is 5.86. The minimum atomic E-state index is -0.0239. The SMILES string of the molecule is O=C(Cc1noc2ccccc12)NC1CCC2OCCOC2C1. The summed E-state index contributed by atoms with van der Waals surface area (Å²) in [6.07, 6.45) is 3.21. The number of para-hydroxylation sites is 1. The molecule has 0 radical (unpaired) electrons. The molecule has 2 heterocycles. The smallest absolute Gasteiger partial charge is 0.226 e. The fourth-order valence-electron chi connectivity index (χ4n) is 3.49. The molecule has 2 fully saturated rings. The second kappa shape index (κ2) is 6.29. The van der Waals surface area contributed by atoms with Crippen LogP contribution in [0, 0.1) is 0 Å². The van der Waals surface area contributed by atoms with Gasteiger partial charge in [-0.15, -0.1) is 0 Å². The van der Waals surface area contributed by atoms with E-state index in [9.17, 15) is 4.79 Å². The highest BCUT2D eigenvalue weighted by Crippen LogP contribution is 2.27. The molecule has 122 valence electrons. The molecule has 1 aliphatic carbocycles. The summed E-state index contributed by atoms with van der Waals surface area (Å²) in [5.41, 5.74) is 1.40. The number of carbonyl (C=O) groups excluding carboxylic acids is 1. The van der Waals surface area contributed by atoms with E-state index in [1.54, 1.807) is 0 Å². The highest BCUT2D eigenvalue weighted by atomic mass is 16.6. The number of ether oxygens (including phenoxy) is 2. The maximum atomic E-state index is 12.3. The van der Waals surface area contributed by atoms with Gasteiger partial charge in [-0.25, -0.2) is 0 Å². The Morgan fingerprint density at radius 2 is 2.00 bits per heavy atom. The summed E-state index contributed by atoms with van der Waals surface area (Å²) in [4.78, 5) is 12.3. The number of nitrogens with zero attached hydrogens (tertiary/aromatic N) is 1. The molecule has 1 aliphatic heterocycles. The standard InChI is InChI=1S/C17H20N2O4/c20-17(10-13-12-3-1-2-4-14(12)23-19-13)18-11-5-6-15-16(9-11)22-8-7-21-15/h1-4,11,15-16H,5-10H2,(H,18,20). The zero-order valence-electron chi connectivity index (χ0n) is 12.9. The van der Waals surface area contributed by atoms with Crippen LogP contribution in [0.2, 0.25) is 0 Å². The van der Waals surface area contributed by atoms with Gasteiger partial charge in [-0.1, -0.05) is 17.3 Å². The molecule has 23 heavy (non-hydrogen) atoms. The average Bonchev–Trinajstić information content (AvgIpc) is 2.98. The lowest BCUT2D eigenvalue weighted by Crippen LogP contribution is -2.49. The number of hydrogen-bond acceptors (Lipinski definition) is 5. The molecule has 1 aromatic heterocycles. The number of fused-ring (bicyclic) bond motifs is 2. The van der Waals surface area contributed by atoms with E-state index in [4.69, 9.17) is 14.0 Å². The number of amides is 1. The van der Waals surface area contributed by atoms with E-state index in [-0.39, 0.29) is 30.6 Å². The van der Waals surface area contributed by atoms with Gasteiger partial charge >= 0.3 is 0 Å². The zero-order chi connectivity index (χ0) is 15.6. The molecule has 0 bridgehead atoms. The summed E-state index contributed by atoms with van der Waals surface area (Å²) >= 11 is 0. The van der Waals surface area contributed by atoms with Crippen LogP contribution in [0.15, 0.2) is 28.8 Å². The number of carbonyl (C=O) groups is 1. The van der Waals surface area contributed by atoms with Gasteiger partial charge in [-0.05, 0) is 31.4 Å². The summed E-state index contributed by atoms with van der Waals surface area (Å²) < 4.78 is 16.7. The Kier molecular flexibility index (Phi) is 4.01. The lowest BCUT2D eigenvalue weighted by Gasteiger charge is -2.39. The molecule has 1 amide bonds. The third-order valence-electron chi connectivity index (χ3n) is 4.62. The largest absolute Gasteiger partial charge is 0.373 e. The van der Waals surface area contributed by atoms with Crippen molar-refractivity contribution >= 4 is 16.9 Å². The van der Waals surface area contributed by atoms with Gasteiger partial charge in [0, 0.05) is 11.4 Å². The summed E-state index contributed by atoms with van der Waals surface area (Å²) in [5.74, 6) is -0.0239. The van der Waals surface area contributed by atoms with Crippen molar-refractivity contribution in [3.63, 3.8) is 0 Å². The third-order valence-corrected chi connectivity index (χ3v) is 4.62. The topological polar surface area (TPSA) is 73.6 Å². The first-order chi connectivity index (χ1) is 11.3. The molecule has 1 saturated heterocycles. The van der Waals surface area contributed by atoms with Gasteiger partial charge in [-0.3, -0.25) is 4.79 Å². The minimum absolute atomic E-state index is 0.0239. The molecule has 3 atom stereocenters. The molecule has 2 aromatic rings. The summed E-state index contributed by atoms with van der Waals surface area (Å²) in [6, 6.07) is 7.73. The fraction of sp³-hybridized carbons (Fsp3) is 0.529. The average molecular weight is 316 g/mol. The maximum absolute atomic E-state index is 12.3. The van der Waals surface area contributed by atoms with Crippen LogP contribution >= 0.6 is 0 Å². The summed E-state index contributed by atoms with van der Waals surface area (Å²) in [6.45, 7) is 1.32. The predicted octanol–water partition coefficient (Wildman–Crippen LogP) is 1.82. The van der Waals surface area contributed by atoms with E-state index >= 15 is 0 Å². The number of hydrogen-bond donors (Lipinski definition) is 1. The van der Waals surface area contributed by atoms with Gasteiger partial charge in [0.1, 0.15) is 5.69 Å². The van der Waals surface area contributed by atoms with Crippen LogP contribution in [0.25, 0.3) is 11.0 Å². The molecule has 6 nitrogen and oxygen atoms in total. The highest BCUT2D eigenvalue weighted by Gasteiger charge is 2.34. The second-order valence-electron chi connectivity index (χ2n) is 6.20. The number of benzene rings is 1. The van der Waals surface area contributed by atoms with Crippen molar-refractivity contribution in [3.05, 3.63) is 30.0 Å². The Morgan fingerprint density at radius 1 is 1.17 bits per heavy atom. The van der Waals surface area contributed by atoms with Crippen molar-refractivity contribution in [2.24, 2.45) is 0 Å². The normalized spacial score (nSPS) is 27.6. The molecule has 1 saturated carbocycles. The van der Waals surface area contributed by atoms with E-state index < -0.39 is 0 Å². The van der Waals surface area contributed by atoms with Gasteiger partial charge < -0.3 is 19.3 Å². The van der Waals surface area contributed by atoms with Gasteiger partial charge in [0.25, 0.3) is 0 Å². The quantitative estimate of drug-likeness (QED) is 0.935. The van der Waals surface area contributed by atoms with Gasteiger partial charge in [0.15, 0.2) is 5.58 Å². The maximum Gasteiger partial charge on any atom is 0.226 e.